The van der Waals surface area contributed by atoms with Gasteiger partial charge in [-0.3, -0.25) is 14.9 Å². The van der Waals surface area contributed by atoms with Crippen molar-refractivity contribution in [2.75, 3.05) is 13.2 Å². The van der Waals surface area contributed by atoms with Gasteiger partial charge in [0.15, 0.2) is 0 Å². The van der Waals surface area contributed by atoms with E-state index in [1.54, 1.807) is 6.08 Å². The molecule has 2 aliphatic rings. The molecule has 1 atom stereocenters. The van der Waals surface area contributed by atoms with Crippen LogP contribution in [0.1, 0.15) is 99.6 Å². The molecule has 1 fully saturated rings. The molecular formula is C36H48N2O6. The smallest absolute Gasteiger partial charge is 0.407 e. The number of alkyl carbamates (subject to hydrolysis) is 1. The molecule has 2 heterocycles. The predicted octanol–water partition coefficient (Wildman–Crippen LogP) is 6.83. The number of nitrogens with one attached hydrogen (secondary N) is 2. The first-order valence-electron chi connectivity index (χ1n) is 15.8. The molecule has 0 spiro atoms. The van der Waals surface area contributed by atoms with Gasteiger partial charge in [0.2, 0.25) is 5.91 Å². The summed E-state index contributed by atoms with van der Waals surface area (Å²) in [5, 5.41) is 5.15. The van der Waals surface area contributed by atoms with Crippen molar-refractivity contribution in [3.8, 4) is 11.5 Å². The SMILES string of the molecule is Cc1c(C)c2c(c(C)c1CCCCCCNC(=O)OC(C)(C)C)CCC(C)(COc1ccc(/C=C3\CC(=O)NC3=O)cc1)O2. The van der Waals surface area contributed by atoms with Crippen molar-refractivity contribution in [1.29, 1.82) is 0 Å². The summed E-state index contributed by atoms with van der Waals surface area (Å²) in [7, 11) is 0. The molecule has 0 aromatic heterocycles. The molecule has 1 saturated heterocycles. The Morgan fingerprint density at radius 3 is 2.39 bits per heavy atom. The summed E-state index contributed by atoms with van der Waals surface area (Å²) in [5.74, 6) is 1.14. The lowest BCUT2D eigenvalue weighted by molar-refractivity contribution is -0.124. The molecule has 238 valence electrons. The van der Waals surface area contributed by atoms with E-state index in [2.05, 4.69) is 38.3 Å². The third-order valence-electron chi connectivity index (χ3n) is 8.47. The quantitative estimate of drug-likeness (QED) is 0.166. The van der Waals surface area contributed by atoms with Crippen LogP contribution >= 0.6 is 0 Å². The summed E-state index contributed by atoms with van der Waals surface area (Å²) in [4.78, 5) is 35.1. The van der Waals surface area contributed by atoms with Gasteiger partial charge in [-0.05, 0) is 132 Å². The van der Waals surface area contributed by atoms with Gasteiger partial charge in [-0.1, -0.05) is 25.0 Å². The zero-order valence-corrected chi connectivity index (χ0v) is 27.4. The number of carbonyl (C=O) groups excluding carboxylic acids is 3. The normalized spacial score (nSPS) is 18.9. The van der Waals surface area contributed by atoms with Gasteiger partial charge >= 0.3 is 6.09 Å². The van der Waals surface area contributed by atoms with E-state index in [1.165, 1.54) is 27.8 Å². The second-order valence-corrected chi connectivity index (χ2v) is 13.4. The van der Waals surface area contributed by atoms with E-state index in [9.17, 15) is 14.4 Å². The third kappa shape index (κ3) is 8.64. The number of benzene rings is 2. The second kappa shape index (κ2) is 13.9. The molecule has 4 rings (SSSR count). The van der Waals surface area contributed by atoms with E-state index < -0.39 is 11.2 Å². The Hall–Kier alpha value is -3.81. The molecule has 0 radical (unpaired) electrons. The van der Waals surface area contributed by atoms with Gasteiger partial charge in [0, 0.05) is 12.1 Å². The van der Waals surface area contributed by atoms with Crippen LogP contribution in [0.15, 0.2) is 29.8 Å². The Balaban J connectivity index is 1.28. The molecule has 0 aliphatic carbocycles. The van der Waals surface area contributed by atoms with Crippen molar-refractivity contribution in [3.63, 3.8) is 0 Å². The topological polar surface area (TPSA) is 103 Å². The zero-order chi connectivity index (χ0) is 32.1. The van der Waals surface area contributed by atoms with E-state index in [0.717, 1.165) is 62.0 Å². The van der Waals surface area contributed by atoms with Crippen molar-refractivity contribution in [1.82, 2.24) is 10.6 Å². The number of amides is 3. The molecular weight excluding hydrogens is 556 g/mol. The molecule has 2 aliphatic heterocycles. The fourth-order valence-electron chi connectivity index (χ4n) is 5.86. The highest BCUT2D eigenvalue weighted by atomic mass is 16.6. The van der Waals surface area contributed by atoms with Crippen LogP contribution in [0.25, 0.3) is 6.08 Å². The Kier molecular flexibility index (Phi) is 10.4. The summed E-state index contributed by atoms with van der Waals surface area (Å²) in [6.45, 7) is 15.4. The summed E-state index contributed by atoms with van der Waals surface area (Å²) < 4.78 is 18.1. The number of unbranched alkanes of at least 4 members (excludes halogenated alkanes) is 3. The van der Waals surface area contributed by atoms with Crippen LogP contribution in [0.3, 0.4) is 0 Å². The van der Waals surface area contributed by atoms with Gasteiger partial charge in [-0.2, -0.15) is 0 Å². The van der Waals surface area contributed by atoms with Gasteiger partial charge in [0.05, 0.1) is 6.42 Å². The van der Waals surface area contributed by atoms with Crippen LogP contribution < -0.4 is 20.1 Å². The van der Waals surface area contributed by atoms with Gasteiger partial charge in [-0.25, -0.2) is 4.79 Å². The Morgan fingerprint density at radius 2 is 1.73 bits per heavy atom. The van der Waals surface area contributed by atoms with Gasteiger partial charge in [0.1, 0.15) is 29.3 Å². The van der Waals surface area contributed by atoms with Gasteiger partial charge < -0.3 is 19.5 Å². The highest BCUT2D eigenvalue weighted by Crippen LogP contribution is 2.41. The Labute approximate surface area is 261 Å². The van der Waals surface area contributed by atoms with E-state index in [0.29, 0.717) is 18.7 Å². The van der Waals surface area contributed by atoms with E-state index in [-0.39, 0.29) is 24.3 Å². The maximum absolute atomic E-state index is 11.8. The monoisotopic (exact) mass is 604 g/mol. The Morgan fingerprint density at radius 1 is 1.02 bits per heavy atom. The van der Waals surface area contributed by atoms with Gasteiger partial charge in [0.25, 0.3) is 5.91 Å². The van der Waals surface area contributed by atoms with Crippen LogP contribution in [-0.4, -0.2) is 42.3 Å². The number of carbonyl (C=O) groups is 3. The lowest BCUT2D eigenvalue weighted by atomic mass is 9.84. The van der Waals surface area contributed by atoms with Crippen molar-refractivity contribution in [3.05, 3.63) is 63.2 Å². The molecule has 8 heteroatoms. The average Bonchev–Trinajstić information content (AvgIpc) is 3.27. The van der Waals surface area contributed by atoms with Gasteiger partial charge in [-0.15, -0.1) is 0 Å². The average molecular weight is 605 g/mol. The summed E-state index contributed by atoms with van der Waals surface area (Å²) in [5.41, 5.74) is 7.01. The summed E-state index contributed by atoms with van der Waals surface area (Å²) in [6.07, 6.45) is 8.59. The molecule has 2 N–H and O–H groups in total. The van der Waals surface area contributed by atoms with Crippen molar-refractivity contribution in [2.45, 2.75) is 111 Å². The van der Waals surface area contributed by atoms with Crippen LogP contribution in [0.2, 0.25) is 0 Å². The highest BCUT2D eigenvalue weighted by molar-refractivity contribution is 6.15. The number of imide groups is 1. The first kappa shape index (κ1) is 33.1. The molecule has 2 aromatic carbocycles. The lowest BCUT2D eigenvalue weighted by Crippen LogP contribution is -2.42. The van der Waals surface area contributed by atoms with Crippen LogP contribution in [-0.2, 0) is 27.2 Å². The Bertz CT molecular complexity index is 1420. The molecule has 2 aromatic rings. The highest BCUT2D eigenvalue weighted by Gasteiger charge is 2.35. The largest absolute Gasteiger partial charge is 0.489 e. The van der Waals surface area contributed by atoms with Crippen LogP contribution in [0.5, 0.6) is 11.5 Å². The fourth-order valence-corrected chi connectivity index (χ4v) is 5.86. The molecule has 1 unspecified atom stereocenters. The number of rotatable bonds is 11. The van der Waals surface area contributed by atoms with Crippen molar-refractivity contribution < 1.29 is 28.6 Å². The molecule has 8 nitrogen and oxygen atoms in total. The number of fused-ring (bicyclic) bond motifs is 1. The maximum Gasteiger partial charge on any atom is 0.407 e. The predicted molar refractivity (Wildman–Crippen MR) is 172 cm³/mol. The van der Waals surface area contributed by atoms with Crippen LogP contribution in [0.4, 0.5) is 4.79 Å². The van der Waals surface area contributed by atoms with E-state index in [4.69, 9.17) is 14.2 Å². The van der Waals surface area contributed by atoms with Crippen molar-refractivity contribution >= 4 is 24.0 Å². The summed E-state index contributed by atoms with van der Waals surface area (Å²) in [6, 6.07) is 7.53. The van der Waals surface area contributed by atoms with Crippen LogP contribution in [0, 0.1) is 20.8 Å². The molecule has 3 amide bonds. The first-order chi connectivity index (χ1) is 20.7. The summed E-state index contributed by atoms with van der Waals surface area (Å²) >= 11 is 0. The number of hydrogen-bond acceptors (Lipinski definition) is 6. The number of hydrogen-bond donors (Lipinski definition) is 2. The molecule has 0 bridgehead atoms. The molecule has 44 heavy (non-hydrogen) atoms. The minimum absolute atomic E-state index is 0.116. The minimum Gasteiger partial charge on any atom is -0.489 e. The first-order valence-corrected chi connectivity index (χ1v) is 15.8. The third-order valence-corrected chi connectivity index (χ3v) is 8.47. The lowest BCUT2D eigenvalue weighted by Gasteiger charge is -2.38. The second-order valence-electron chi connectivity index (χ2n) is 13.4. The number of ether oxygens (including phenoxy) is 3. The van der Waals surface area contributed by atoms with E-state index in [1.807, 2.05) is 45.0 Å². The molecule has 0 saturated carbocycles. The van der Waals surface area contributed by atoms with Crippen molar-refractivity contribution in [2.24, 2.45) is 0 Å². The van der Waals surface area contributed by atoms with E-state index >= 15 is 0 Å². The minimum atomic E-state index is -0.473. The zero-order valence-electron chi connectivity index (χ0n) is 27.4. The fraction of sp³-hybridized carbons (Fsp3) is 0.528. The standard InChI is InChI=1S/C36H48N2O6/c1-23-24(2)32-30(25(3)29(23)12-10-8-9-11-19-37-34(41)44-35(4,5)6)17-18-36(7,43-32)22-42-28-15-13-26(14-16-28)20-27-21-31(39)38-33(27)40/h13-16,20H,8-12,17-19,21-22H2,1-7H3,(H,37,41)(H,38,39,40)/b27-20+. The maximum atomic E-state index is 11.8.